The van der Waals surface area contributed by atoms with Crippen molar-refractivity contribution in [2.24, 2.45) is 28.0 Å². The zero-order valence-electron chi connectivity index (χ0n) is 21.8. The van der Waals surface area contributed by atoms with Crippen LogP contribution in [0.4, 0.5) is 0 Å². The van der Waals surface area contributed by atoms with Crippen LogP contribution in [0.5, 0.6) is 0 Å². The standard InChI is InChI=1S/C28H39N5OS/c1-6-25-22-14-20(13-21-16-24(17(2)3)32-31-19(21)5)15-26(22)33(25)12-10-23(30-28(34)9-11-29)27-8-7-18(4)35-27/h7-8,13,17,20,22-23,25-26H,6,9-10,12,14-16H2,1-5H3,(H,30,34)/b21-13-/t20?,22?,23-,25?,26?/m0/s1. The highest BCUT2D eigenvalue weighted by molar-refractivity contribution is 7.12. The van der Waals surface area contributed by atoms with Gasteiger partial charge in [-0.1, -0.05) is 26.8 Å². The van der Waals surface area contributed by atoms with Crippen LogP contribution in [0.1, 0.15) is 82.0 Å². The summed E-state index contributed by atoms with van der Waals surface area (Å²) in [6.45, 7) is 11.8. The highest BCUT2D eigenvalue weighted by Crippen LogP contribution is 2.49. The summed E-state index contributed by atoms with van der Waals surface area (Å²) >= 11 is 1.74. The minimum atomic E-state index is -0.182. The van der Waals surface area contributed by atoms with Crippen molar-refractivity contribution in [3.05, 3.63) is 33.5 Å². The van der Waals surface area contributed by atoms with Crippen LogP contribution in [0.25, 0.3) is 0 Å². The monoisotopic (exact) mass is 493 g/mol. The van der Waals surface area contributed by atoms with Crippen LogP contribution in [0, 0.1) is 36.0 Å². The van der Waals surface area contributed by atoms with E-state index in [0.29, 0.717) is 23.9 Å². The van der Waals surface area contributed by atoms with Gasteiger partial charge in [0.15, 0.2) is 0 Å². The second-order valence-electron chi connectivity index (χ2n) is 10.7. The molecule has 35 heavy (non-hydrogen) atoms. The number of hydrogen-bond acceptors (Lipinski definition) is 6. The number of nitrogens with one attached hydrogen (secondary N) is 1. The largest absolute Gasteiger partial charge is 0.348 e. The van der Waals surface area contributed by atoms with E-state index in [1.165, 1.54) is 40.3 Å². The van der Waals surface area contributed by atoms with Crippen molar-refractivity contribution in [2.75, 3.05) is 6.54 Å². The average Bonchev–Trinajstić information content (AvgIpc) is 3.39. The van der Waals surface area contributed by atoms with Crippen molar-refractivity contribution >= 4 is 28.7 Å². The molecule has 4 rings (SSSR count). The van der Waals surface area contributed by atoms with E-state index in [9.17, 15) is 4.79 Å². The number of likely N-dealkylation sites (tertiary alicyclic amines) is 1. The van der Waals surface area contributed by atoms with E-state index in [1.807, 2.05) is 6.07 Å². The molecule has 0 aromatic carbocycles. The summed E-state index contributed by atoms with van der Waals surface area (Å²) in [4.78, 5) is 17.3. The maximum absolute atomic E-state index is 12.2. The van der Waals surface area contributed by atoms with Gasteiger partial charge in [-0.15, -0.1) is 11.3 Å². The van der Waals surface area contributed by atoms with E-state index >= 15 is 0 Å². The SMILES string of the molecule is CCC1C2CC(/C=C3/CC(C(C)C)=NN=C3C)CC2N1CC[C@H](NC(=O)CC#N)c1ccc(C)s1. The number of aryl methyl sites for hydroxylation is 1. The predicted molar refractivity (Wildman–Crippen MR) is 144 cm³/mol. The summed E-state index contributed by atoms with van der Waals surface area (Å²) < 4.78 is 0. The predicted octanol–water partition coefficient (Wildman–Crippen LogP) is 5.81. The number of hydrogen-bond donors (Lipinski definition) is 1. The zero-order chi connectivity index (χ0) is 25.1. The first-order chi connectivity index (χ1) is 16.8. The molecule has 5 atom stereocenters. The van der Waals surface area contributed by atoms with Crippen molar-refractivity contribution in [3.63, 3.8) is 0 Å². The molecule has 3 heterocycles. The van der Waals surface area contributed by atoms with Gasteiger partial charge >= 0.3 is 0 Å². The van der Waals surface area contributed by atoms with Crippen molar-refractivity contribution in [2.45, 2.75) is 91.3 Å². The number of fused-ring (bicyclic) bond motifs is 1. The number of nitriles is 1. The third kappa shape index (κ3) is 5.76. The fourth-order valence-corrected chi connectivity index (χ4v) is 7.11. The zero-order valence-corrected chi connectivity index (χ0v) is 22.6. The maximum atomic E-state index is 12.2. The van der Waals surface area contributed by atoms with E-state index in [0.717, 1.165) is 31.0 Å². The molecule has 6 nitrogen and oxygen atoms in total. The Balaban J connectivity index is 1.41. The third-order valence-electron chi connectivity index (χ3n) is 8.00. The fourth-order valence-electron chi connectivity index (χ4n) is 6.15. The van der Waals surface area contributed by atoms with Crippen LogP contribution in [0.2, 0.25) is 0 Å². The summed E-state index contributed by atoms with van der Waals surface area (Å²) in [7, 11) is 0. The molecule has 0 spiro atoms. The number of allylic oxidation sites excluding steroid dienone is 2. The molecule has 0 radical (unpaired) electrons. The first-order valence-electron chi connectivity index (χ1n) is 13.1. The van der Waals surface area contributed by atoms with Crippen LogP contribution in [0.3, 0.4) is 0 Å². The lowest BCUT2D eigenvalue weighted by Crippen LogP contribution is -2.61. The molecule has 1 aromatic rings. The normalized spacial score (nSPS) is 28.2. The number of rotatable bonds is 9. The topological polar surface area (TPSA) is 80.8 Å². The Morgan fingerprint density at radius 1 is 1.31 bits per heavy atom. The van der Waals surface area contributed by atoms with Crippen LogP contribution in [-0.4, -0.2) is 40.9 Å². The Labute approximate surface area is 214 Å². The molecule has 0 bridgehead atoms. The van der Waals surface area contributed by atoms with Gasteiger partial charge in [0.05, 0.1) is 17.8 Å². The van der Waals surface area contributed by atoms with Crippen molar-refractivity contribution in [1.82, 2.24) is 10.2 Å². The third-order valence-corrected chi connectivity index (χ3v) is 9.12. The van der Waals surface area contributed by atoms with E-state index in [4.69, 9.17) is 5.26 Å². The quantitative estimate of drug-likeness (QED) is 0.471. The van der Waals surface area contributed by atoms with Crippen LogP contribution < -0.4 is 5.32 Å². The summed E-state index contributed by atoms with van der Waals surface area (Å²) in [5, 5.41) is 20.9. The molecule has 1 aromatic heterocycles. The van der Waals surface area contributed by atoms with Gasteiger partial charge in [0.25, 0.3) is 0 Å². The summed E-state index contributed by atoms with van der Waals surface area (Å²) in [6.07, 6.45) is 7.85. The van der Waals surface area contributed by atoms with Crippen LogP contribution >= 0.6 is 11.3 Å². The highest BCUT2D eigenvalue weighted by Gasteiger charge is 2.51. The fraction of sp³-hybridized carbons (Fsp3) is 0.643. The Hall–Kier alpha value is -2.30. The van der Waals surface area contributed by atoms with Gasteiger partial charge in [-0.3, -0.25) is 9.69 Å². The second-order valence-corrected chi connectivity index (χ2v) is 12.0. The molecule has 1 saturated heterocycles. The van der Waals surface area contributed by atoms with Crippen molar-refractivity contribution in [3.8, 4) is 6.07 Å². The van der Waals surface area contributed by atoms with E-state index in [1.54, 1.807) is 11.3 Å². The molecule has 1 N–H and O–H groups in total. The number of nitrogens with zero attached hydrogens (tertiary/aromatic N) is 4. The van der Waals surface area contributed by atoms with Gasteiger partial charge in [0.1, 0.15) is 6.42 Å². The highest BCUT2D eigenvalue weighted by atomic mass is 32.1. The Morgan fingerprint density at radius 3 is 2.77 bits per heavy atom. The molecule has 7 heteroatoms. The summed E-state index contributed by atoms with van der Waals surface area (Å²) in [6, 6.07) is 7.42. The molecule has 4 unspecified atom stereocenters. The minimum absolute atomic E-state index is 0.0275. The van der Waals surface area contributed by atoms with Gasteiger partial charge in [-0.2, -0.15) is 15.5 Å². The van der Waals surface area contributed by atoms with Gasteiger partial charge in [-0.25, -0.2) is 0 Å². The average molecular weight is 494 g/mol. The number of carbonyl (C=O) groups is 1. The van der Waals surface area contributed by atoms with E-state index < -0.39 is 0 Å². The van der Waals surface area contributed by atoms with E-state index in [2.05, 4.69) is 73.2 Å². The Morgan fingerprint density at radius 2 is 2.11 bits per heavy atom. The van der Waals surface area contributed by atoms with Crippen LogP contribution in [-0.2, 0) is 4.79 Å². The van der Waals surface area contributed by atoms with Gasteiger partial charge < -0.3 is 5.32 Å². The second kappa shape index (κ2) is 11.2. The molecule has 1 amide bonds. The molecule has 2 fully saturated rings. The number of amides is 1. The molecule has 3 aliphatic rings. The first kappa shape index (κ1) is 25.8. The molecule has 1 saturated carbocycles. The Kier molecular flexibility index (Phi) is 8.23. The number of thiophene rings is 1. The molecular weight excluding hydrogens is 454 g/mol. The minimum Gasteiger partial charge on any atom is -0.348 e. The van der Waals surface area contributed by atoms with Gasteiger partial charge in [0, 0.05) is 40.5 Å². The van der Waals surface area contributed by atoms with Crippen molar-refractivity contribution in [1.29, 1.82) is 5.26 Å². The van der Waals surface area contributed by atoms with Crippen LogP contribution in [0.15, 0.2) is 34.0 Å². The maximum Gasteiger partial charge on any atom is 0.234 e. The number of carbonyl (C=O) groups excluding carboxylic acids is 1. The van der Waals surface area contributed by atoms with E-state index in [-0.39, 0.29) is 18.4 Å². The first-order valence-corrected chi connectivity index (χ1v) is 13.9. The molecule has 188 valence electrons. The lowest BCUT2D eigenvalue weighted by Gasteiger charge is -2.53. The molecular formula is C28H39N5OS. The van der Waals surface area contributed by atoms with Gasteiger partial charge in [0.2, 0.25) is 5.91 Å². The molecule has 2 aliphatic heterocycles. The van der Waals surface area contributed by atoms with Crippen molar-refractivity contribution < 1.29 is 4.79 Å². The Bertz CT molecular complexity index is 1060. The summed E-state index contributed by atoms with van der Waals surface area (Å²) in [5.41, 5.74) is 3.62. The summed E-state index contributed by atoms with van der Waals surface area (Å²) in [5.74, 6) is 1.61. The lowest BCUT2D eigenvalue weighted by atomic mass is 9.80. The molecule has 1 aliphatic carbocycles. The van der Waals surface area contributed by atoms with Gasteiger partial charge in [-0.05, 0) is 75.0 Å². The lowest BCUT2D eigenvalue weighted by molar-refractivity contribution is -0.121. The smallest absolute Gasteiger partial charge is 0.234 e.